The average Bonchev–Trinajstić information content (AvgIpc) is 2.51. The lowest BCUT2D eigenvalue weighted by Gasteiger charge is -2.09. The third kappa shape index (κ3) is 4.44. The van der Waals surface area contributed by atoms with Crippen LogP contribution in [0, 0.1) is 13.8 Å². The van der Waals surface area contributed by atoms with Crippen LogP contribution in [0.5, 0.6) is 0 Å². The van der Waals surface area contributed by atoms with Gasteiger partial charge in [0.2, 0.25) is 5.91 Å². The van der Waals surface area contributed by atoms with E-state index in [4.69, 9.17) is 23.2 Å². The Kier molecular flexibility index (Phi) is 5.59. The van der Waals surface area contributed by atoms with Gasteiger partial charge >= 0.3 is 0 Å². The number of amides is 1. The molecule has 2 aromatic rings. The number of hydrogen-bond acceptors (Lipinski definition) is 2. The van der Waals surface area contributed by atoms with E-state index in [1.807, 2.05) is 32.0 Å². The van der Waals surface area contributed by atoms with Crippen molar-refractivity contribution in [3.05, 3.63) is 75.3 Å². The van der Waals surface area contributed by atoms with Gasteiger partial charge in [-0.05, 0) is 49.2 Å². The predicted molar refractivity (Wildman–Crippen MR) is 94.5 cm³/mol. The van der Waals surface area contributed by atoms with Gasteiger partial charge in [0.05, 0.1) is 10.0 Å². The van der Waals surface area contributed by atoms with Crippen molar-refractivity contribution in [1.82, 2.24) is 0 Å². The molecule has 0 saturated carbocycles. The van der Waals surface area contributed by atoms with Crippen molar-refractivity contribution in [3.8, 4) is 0 Å². The van der Waals surface area contributed by atoms with E-state index in [1.165, 1.54) is 18.2 Å². The van der Waals surface area contributed by atoms with Gasteiger partial charge in [-0.1, -0.05) is 41.4 Å². The van der Waals surface area contributed by atoms with Crippen molar-refractivity contribution in [2.75, 3.05) is 5.32 Å². The summed E-state index contributed by atoms with van der Waals surface area (Å²) in [6, 6.07) is 10.3. The van der Waals surface area contributed by atoms with Crippen molar-refractivity contribution in [2.45, 2.75) is 13.8 Å². The number of aryl methyl sites for hydroxylation is 2. The number of allylic oxidation sites excluding steroid dienone is 1. The Hall–Kier alpha value is -2.10. The van der Waals surface area contributed by atoms with Gasteiger partial charge in [0.25, 0.3) is 0 Å². The monoisotopic (exact) mass is 347 g/mol. The highest BCUT2D eigenvalue weighted by atomic mass is 35.5. The lowest BCUT2D eigenvalue weighted by Crippen LogP contribution is -2.11. The topological polar surface area (TPSA) is 46.2 Å². The number of para-hydroxylation sites is 1. The molecule has 0 heterocycles. The summed E-state index contributed by atoms with van der Waals surface area (Å²) in [6.45, 7) is 3.82. The van der Waals surface area contributed by atoms with Crippen LogP contribution in [-0.4, -0.2) is 11.7 Å². The van der Waals surface area contributed by atoms with E-state index in [1.54, 1.807) is 12.1 Å². The van der Waals surface area contributed by atoms with Crippen LogP contribution in [0.1, 0.15) is 21.5 Å². The molecule has 0 saturated heterocycles. The van der Waals surface area contributed by atoms with E-state index in [2.05, 4.69) is 5.32 Å². The number of halogens is 2. The van der Waals surface area contributed by atoms with Gasteiger partial charge in [0, 0.05) is 17.3 Å². The number of rotatable bonds is 4. The Morgan fingerprint density at radius 1 is 0.957 bits per heavy atom. The summed E-state index contributed by atoms with van der Waals surface area (Å²) < 4.78 is 0. The zero-order valence-electron chi connectivity index (χ0n) is 12.7. The molecule has 0 spiro atoms. The van der Waals surface area contributed by atoms with Crippen LogP contribution < -0.4 is 5.32 Å². The fourth-order valence-corrected chi connectivity index (χ4v) is 2.37. The average molecular weight is 348 g/mol. The molecule has 5 heteroatoms. The Bertz CT molecular complexity index is 777. The standard InChI is InChI=1S/C18H15Cl2NO2/c1-11-4-3-5-12(2)18(11)21-17(23)9-8-16(22)13-6-7-14(19)15(20)10-13/h3-10H,1-2H3,(H,21,23). The Labute approximate surface area is 144 Å². The first-order valence-electron chi connectivity index (χ1n) is 6.93. The van der Waals surface area contributed by atoms with Crippen molar-refractivity contribution in [2.24, 2.45) is 0 Å². The fraction of sp³-hybridized carbons (Fsp3) is 0.111. The highest BCUT2D eigenvalue weighted by Gasteiger charge is 2.07. The van der Waals surface area contributed by atoms with Crippen LogP contribution in [0.15, 0.2) is 48.6 Å². The second-order valence-electron chi connectivity index (χ2n) is 5.08. The summed E-state index contributed by atoms with van der Waals surface area (Å²) in [4.78, 5) is 24.0. The smallest absolute Gasteiger partial charge is 0.248 e. The third-order valence-corrected chi connectivity index (χ3v) is 4.06. The van der Waals surface area contributed by atoms with Gasteiger partial charge < -0.3 is 5.32 Å². The Morgan fingerprint density at radius 3 is 2.22 bits per heavy atom. The van der Waals surface area contributed by atoms with Gasteiger partial charge in [-0.2, -0.15) is 0 Å². The maximum atomic E-state index is 12.0. The molecule has 0 fully saturated rings. The Morgan fingerprint density at radius 2 is 1.61 bits per heavy atom. The maximum Gasteiger partial charge on any atom is 0.248 e. The summed E-state index contributed by atoms with van der Waals surface area (Å²) in [5.74, 6) is -0.684. The first kappa shape index (κ1) is 17.3. The molecule has 2 aromatic carbocycles. The number of benzene rings is 2. The molecule has 0 unspecified atom stereocenters. The van der Waals surface area contributed by atoms with Gasteiger partial charge in [0.1, 0.15) is 0 Å². The largest absolute Gasteiger partial charge is 0.322 e. The van der Waals surface area contributed by atoms with Gasteiger partial charge in [-0.3, -0.25) is 9.59 Å². The molecule has 0 bridgehead atoms. The lowest BCUT2D eigenvalue weighted by molar-refractivity contribution is -0.111. The second kappa shape index (κ2) is 7.44. The van der Waals surface area contributed by atoms with Gasteiger partial charge in [-0.15, -0.1) is 0 Å². The third-order valence-electron chi connectivity index (χ3n) is 3.32. The first-order valence-corrected chi connectivity index (χ1v) is 7.68. The zero-order valence-corrected chi connectivity index (χ0v) is 14.2. The molecule has 0 aliphatic carbocycles. The van der Waals surface area contributed by atoms with Crippen molar-refractivity contribution in [1.29, 1.82) is 0 Å². The molecular weight excluding hydrogens is 333 g/mol. The Balaban J connectivity index is 2.08. The molecular formula is C18H15Cl2NO2. The molecule has 1 amide bonds. The maximum absolute atomic E-state index is 12.0. The SMILES string of the molecule is Cc1cccc(C)c1NC(=O)C=CC(=O)c1ccc(Cl)c(Cl)c1. The number of carbonyl (C=O) groups excluding carboxylic acids is 2. The summed E-state index contributed by atoms with van der Waals surface area (Å²) in [7, 11) is 0. The molecule has 2 rings (SSSR count). The minimum absolute atomic E-state index is 0.297. The normalized spacial score (nSPS) is 10.8. The van der Waals surface area contributed by atoms with Crippen LogP contribution in [0.4, 0.5) is 5.69 Å². The molecule has 0 aromatic heterocycles. The summed E-state index contributed by atoms with van der Waals surface area (Å²) in [5.41, 5.74) is 3.05. The number of anilines is 1. The van der Waals surface area contributed by atoms with Crippen molar-refractivity contribution in [3.63, 3.8) is 0 Å². The highest BCUT2D eigenvalue weighted by molar-refractivity contribution is 6.42. The quantitative estimate of drug-likeness (QED) is 0.625. The van der Waals surface area contributed by atoms with E-state index in [0.717, 1.165) is 16.8 Å². The van der Waals surface area contributed by atoms with E-state index in [9.17, 15) is 9.59 Å². The first-order chi connectivity index (χ1) is 10.9. The summed E-state index contributed by atoms with van der Waals surface area (Å²) >= 11 is 11.7. The molecule has 0 atom stereocenters. The van der Waals surface area contributed by atoms with E-state index < -0.39 is 0 Å². The number of ketones is 1. The van der Waals surface area contributed by atoms with Gasteiger partial charge in [-0.25, -0.2) is 0 Å². The minimum Gasteiger partial charge on any atom is -0.322 e. The minimum atomic E-state index is -0.365. The molecule has 0 aliphatic heterocycles. The molecule has 23 heavy (non-hydrogen) atoms. The van der Waals surface area contributed by atoms with Crippen molar-refractivity contribution >= 4 is 40.6 Å². The number of hydrogen-bond donors (Lipinski definition) is 1. The molecule has 0 aliphatic rings. The summed E-state index contributed by atoms with van der Waals surface area (Å²) in [5, 5.41) is 3.45. The van der Waals surface area contributed by atoms with Gasteiger partial charge in [0.15, 0.2) is 5.78 Å². The fourth-order valence-electron chi connectivity index (χ4n) is 2.07. The predicted octanol–water partition coefficient (Wildman–Crippen LogP) is 4.99. The van der Waals surface area contributed by atoms with Crippen LogP contribution in [-0.2, 0) is 4.79 Å². The summed E-state index contributed by atoms with van der Waals surface area (Å²) in [6.07, 6.45) is 2.42. The van der Waals surface area contributed by atoms with Crippen LogP contribution >= 0.6 is 23.2 Å². The number of nitrogens with one attached hydrogen (secondary N) is 1. The molecule has 0 radical (unpaired) electrons. The van der Waals surface area contributed by atoms with E-state index >= 15 is 0 Å². The van der Waals surface area contributed by atoms with Crippen LogP contribution in [0.2, 0.25) is 10.0 Å². The van der Waals surface area contributed by atoms with E-state index in [-0.39, 0.29) is 11.7 Å². The molecule has 1 N–H and O–H groups in total. The van der Waals surface area contributed by atoms with Crippen molar-refractivity contribution < 1.29 is 9.59 Å². The second-order valence-corrected chi connectivity index (χ2v) is 5.90. The lowest BCUT2D eigenvalue weighted by atomic mass is 10.1. The zero-order chi connectivity index (χ0) is 17.0. The highest BCUT2D eigenvalue weighted by Crippen LogP contribution is 2.23. The van der Waals surface area contributed by atoms with Crippen LogP contribution in [0.3, 0.4) is 0 Å². The molecule has 3 nitrogen and oxygen atoms in total. The van der Waals surface area contributed by atoms with Crippen LogP contribution in [0.25, 0.3) is 0 Å². The number of carbonyl (C=O) groups is 2. The van der Waals surface area contributed by atoms with E-state index in [0.29, 0.717) is 15.6 Å². The molecule has 118 valence electrons.